The molecule has 0 unspecified atom stereocenters. The maximum absolute atomic E-state index is 12.3. The molecule has 0 aliphatic heterocycles. The number of anilines is 1. The summed E-state index contributed by atoms with van der Waals surface area (Å²) in [7, 11) is 0. The summed E-state index contributed by atoms with van der Waals surface area (Å²) in [5.74, 6) is 1.51. The predicted molar refractivity (Wildman–Crippen MR) is 86.3 cm³/mol. The number of carbonyl (C=O) groups excluding carboxylic acids is 1. The van der Waals surface area contributed by atoms with Crippen LogP contribution < -0.4 is 5.32 Å². The van der Waals surface area contributed by atoms with Gasteiger partial charge in [-0.1, -0.05) is 32.0 Å². The van der Waals surface area contributed by atoms with Crippen molar-refractivity contribution in [3.05, 3.63) is 46.8 Å². The van der Waals surface area contributed by atoms with E-state index in [0.717, 1.165) is 30.7 Å². The Kier molecular flexibility index (Phi) is 4.01. The van der Waals surface area contributed by atoms with Crippen molar-refractivity contribution in [2.24, 2.45) is 0 Å². The van der Waals surface area contributed by atoms with Gasteiger partial charge in [-0.15, -0.1) is 0 Å². The second kappa shape index (κ2) is 5.95. The fraction of sp³-hybridized carbons (Fsp3) is 0.444. The molecule has 0 spiro atoms. The lowest BCUT2D eigenvalue weighted by molar-refractivity contribution is 0.101. The average molecular weight is 298 g/mol. The zero-order valence-corrected chi connectivity index (χ0v) is 13.3. The Morgan fingerprint density at radius 1 is 1.36 bits per heavy atom. The van der Waals surface area contributed by atoms with Crippen LogP contribution in [0.25, 0.3) is 0 Å². The molecule has 1 saturated carbocycles. The van der Waals surface area contributed by atoms with E-state index in [2.05, 4.69) is 43.4 Å². The molecular formula is C18H22N2O2. The lowest BCUT2D eigenvalue weighted by atomic mass is 9.95. The van der Waals surface area contributed by atoms with Gasteiger partial charge >= 0.3 is 0 Å². The molecule has 3 rings (SSSR count). The van der Waals surface area contributed by atoms with Gasteiger partial charge in [0.1, 0.15) is 5.76 Å². The van der Waals surface area contributed by atoms with Gasteiger partial charge in [0, 0.05) is 17.7 Å². The lowest BCUT2D eigenvalue weighted by Gasteiger charge is -2.13. The molecule has 1 aliphatic carbocycles. The summed E-state index contributed by atoms with van der Waals surface area (Å²) in [6.07, 6.45) is 3.26. The number of hydrogen-bond donors (Lipinski definition) is 1. The quantitative estimate of drug-likeness (QED) is 0.884. The molecule has 0 bridgehead atoms. The number of nitrogens with one attached hydrogen (secondary N) is 1. The van der Waals surface area contributed by atoms with Crippen LogP contribution in [0, 0.1) is 0 Å². The highest BCUT2D eigenvalue weighted by Gasteiger charge is 2.28. The fourth-order valence-corrected chi connectivity index (χ4v) is 2.68. The molecule has 116 valence electrons. The van der Waals surface area contributed by atoms with Gasteiger partial charge in [0.15, 0.2) is 5.69 Å². The first-order chi connectivity index (χ1) is 10.6. The Morgan fingerprint density at radius 2 is 2.14 bits per heavy atom. The van der Waals surface area contributed by atoms with Gasteiger partial charge in [0.2, 0.25) is 0 Å². The highest BCUT2D eigenvalue weighted by atomic mass is 16.5. The lowest BCUT2D eigenvalue weighted by Crippen LogP contribution is -2.12. The SMILES string of the molecule is CCc1ccc(NC(=O)c2cc(C3CC3)on2)cc1C(C)C. The fourth-order valence-electron chi connectivity index (χ4n) is 2.68. The van der Waals surface area contributed by atoms with Crippen LogP contribution in [0.2, 0.25) is 0 Å². The largest absolute Gasteiger partial charge is 0.360 e. The van der Waals surface area contributed by atoms with Crippen LogP contribution in [-0.2, 0) is 6.42 Å². The Hall–Kier alpha value is -2.10. The van der Waals surface area contributed by atoms with E-state index in [1.165, 1.54) is 11.1 Å². The average Bonchev–Trinajstić information content (AvgIpc) is 3.24. The van der Waals surface area contributed by atoms with E-state index < -0.39 is 0 Å². The summed E-state index contributed by atoms with van der Waals surface area (Å²) >= 11 is 0. The number of aromatic nitrogens is 1. The minimum absolute atomic E-state index is 0.213. The van der Waals surface area contributed by atoms with Crippen molar-refractivity contribution < 1.29 is 9.32 Å². The summed E-state index contributed by atoms with van der Waals surface area (Å²) in [6, 6.07) is 7.86. The number of nitrogens with zero attached hydrogens (tertiary/aromatic N) is 1. The van der Waals surface area contributed by atoms with Gasteiger partial charge in [-0.2, -0.15) is 0 Å². The molecule has 1 aromatic heterocycles. The van der Waals surface area contributed by atoms with Crippen molar-refractivity contribution in [1.29, 1.82) is 0 Å². The van der Waals surface area contributed by atoms with Crippen LogP contribution in [0.5, 0.6) is 0 Å². The number of aryl methyl sites for hydroxylation is 1. The summed E-state index contributed by atoms with van der Waals surface area (Å²) in [5, 5.41) is 6.79. The molecule has 4 nitrogen and oxygen atoms in total. The molecule has 1 heterocycles. The van der Waals surface area contributed by atoms with E-state index in [1.807, 2.05) is 6.07 Å². The van der Waals surface area contributed by atoms with Gasteiger partial charge in [-0.25, -0.2) is 0 Å². The van der Waals surface area contributed by atoms with Crippen molar-refractivity contribution >= 4 is 11.6 Å². The molecule has 0 saturated heterocycles. The van der Waals surface area contributed by atoms with E-state index >= 15 is 0 Å². The predicted octanol–water partition coefficient (Wildman–Crippen LogP) is 4.49. The van der Waals surface area contributed by atoms with E-state index in [1.54, 1.807) is 6.07 Å². The second-order valence-electron chi connectivity index (χ2n) is 6.26. The minimum Gasteiger partial charge on any atom is -0.360 e. The first-order valence-electron chi connectivity index (χ1n) is 7.99. The monoisotopic (exact) mass is 298 g/mol. The summed E-state index contributed by atoms with van der Waals surface area (Å²) in [4.78, 5) is 12.3. The molecule has 0 atom stereocenters. The Morgan fingerprint density at radius 3 is 2.77 bits per heavy atom. The molecule has 1 aromatic carbocycles. The van der Waals surface area contributed by atoms with E-state index in [-0.39, 0.29) is 5.91 Å². The van der Waals surface area contributed by atoms with Gasteiger partial charge in [0.05, 0.1) is 0 Å². The Balaban J connectivity index is 1.76. The minimum atomic E-state index is -0.213. The van der Waals surface area contributed by atoms with Crippen molar-refractivity contribution in [2.75, 3.05) is 5.32 Å². The van der Waals surface area contributed by atoms with Crippen LogP contribution in [0.15, 0.2) is 28.8 Å². The van der Waals surface area contributed by atoms with Crippen molar-refractivity contribution in [3.8, 4) is 0 Å². The van der Waals surface area contributed by atoms with E-state index in [9.17, 15) is 4.79 Å². The number of carbonyl (C=O) groups is 1. The molecule has 22 heavy (non-hydrogen) atoms. The molecule has 4 heteroatoms. The number of rotatable bonds is 5. The smallest absolute Gasteiger partial charge is 0.277 e. The highest BCUT2D eigenvalue weighted by Crippen LogP contribution is 2.40. The van der Waals surface area contributed by atoms with E-state index in [0.29, 0.717) is 17.5 Å². The maximum atomic E-state index is 12.3. The first-order valence-corrected chi connectivity index (χ1v) is 7.99. The third kappa shape index (κ3) is 3.06. The molecule has 1 aliphatic rings. The number of benzene rings is 1. The van der Waals surface area contributed by atoms with Crippen molar-refractivity contribution in [1.82, 2.24) is 5.16 Å². The van der Waals surface area contributed by atoms with Crippen LogP contribution in [0.3, 0.4) is 0 Å². The van der Waals surface area contributed by atoms with Crippen molar-refractivity contribution in [2.45, 2.75) is 51.9 Å². The van der Waals surface area contributed by atoms with Gasteiger partial charge in [0.25, 0.3) is 5.91 Å². The van der Waals surface area contributed by atoms with Crippen LogP contribution in [0.4, 0.5) is 5.69 Å². The molecule has 1 fully saturated rings. The van der Waals surface area contributed by atoms with Gasteiger partial charge in [-0.05, 0) is 48.4 Å². The number of amides is 1. The normalized spacial score (nSPS) is 14.4. The molecule has 1 amide bonds. The van der Waals surface area contributed by atoms with Gasteiger partial charge in [-0.3, -0.25) is 4.79 Å². The van der Waals surface area contributed by atoms with E-state index in [4.69, 9.17) is 4.52 Å². The first kappa shape index (κ1) is 14.8. The third-order valence-electron chi connectivity index (χ3n) is 4.15. The van der Waals surface area contributed by atoms with Crippen LogP contribution in [-0.4, -0.2) is 11.1 Å². The zero-order valence-electron chi connectivity index (χ0n) is 13.3. The molecular weight excluding hydrogens is 276 g/mol. The standard InChI is InChI=1S/C18H22N2O2/c1-4-12-7-8-14(9-15(12)11(2)3)19-18(21)16-10-17(22-20-16)13-5-6-13/h7-11,13H,4-6H2,1-3H3,(H,19,21). The second-order valence-corrected chi connectivity index (χ2v) is 6.26. The summed E-state index contributed by atoms with van der Waals surface area (Å²) in [5.41, 5.74) is 3.76. The van der Waals surface area contributed by atoms with Gasteiger partial charge < -0.3 is 9.84 Å². The zero-order chi connectivity index (χ0) is 15.7. The topological polar surface area (TPSA) is 55.1 Å². The van der Waals surface area contributed by atoms with Crippen LogP contribution >= 0.6 is 0 Å². The highest BCUT2D eigenvalue weighted by molar-refractivity contribution is 6.02. The Labute approximate surface area is 130 Å². The maximum Gasteiger partial charge on any atom is 0.277 e. The molecule has 0 radical (unpaired) electrons. The Bertz CT molecular complexity index is 684. The molecule has 1 N–H and O–H groups in total. The third-order valence-corrected chi connectivity index (χ3v) is 4.15. The van der Waals surface area contributed by atoms with Crippen LogP contribution in [0.1, 0.15) is 72.8 Å². The summed E-state index contributed by atoms with van der Waals surface area (Å²) < 4.78 is 5.24. The summed E-state index contributed by atoms with van der Waals surface area (Å²) in [6.45, 7) is 6.48. The van der Waals surface area contributed by atoms with Crippen molar-refractivity contribution in [3.63, 3.8) is 0 Å². The molecule has 2 aromatic rings. The number of hydrogen-bond acceptors (Lipinski definition) is 3.